The van der Waals surface area contributed by atoms with Crippen molar-refractivity contribution in [3.63, 3.8) is 0 Å². The van der Waals surface area contributed by atoms with Gasteiger partial charge in [-0.2, -0.15) is 5.10 Å². The summed E-state index contributed by atoms with van der Waals surface area (Å²) in [5.41, 5.74) is 5.69. The summed E-state index contributed by atoms with van der Waals surface area (Å²) in [6, 6.07) is 16.0. The molecule has 0 radical (unpaired) electrons. The molecule has 0 saturated heterocycles. The Labute approximate surface area is 176 Å². The van der Waals surface area contributed by atoms with Crippen LogP contribution in [0.4, 0.5) is 0 Å². The van der Waals surface area contributed by atoms with E-state index in [9.17, 15) is 4.79 Å². The molecule has 0 bridgehead atoms. The summed E-state index contributed by atoms with van der Waals surface area (Å²) in [7, 11) is 0. The van der Waals surface area contributed by atoms with Gasteiger partial charge in [0.15, 0.2) is 0 Å². The third kappa shape index (κ3) is 4.01. The Kier molecular flexibility index (Phi) is 5.70. The van der Waals surface area contributed by atoms with E-state index in [0.717, 1.165) is 35.4 Å². The maximum Gasteiger partial charge on any atom is 0.276 e. The Morgan fingerprint density at radius 3 is 2.67 bits per heavy atom. The molecule has 0 amide bonds. The molecule has 4 rings (SSSR count). The van der Waals surface area contributed by atoms with E-state index < -0.39 is 0 Å². The highest BCUT2D eigenvalue weighted by atomic mass is 16.5. The molecule has 0 saturated carbocycles. The molecule has 5 nitrogen and oxygen atoms in total. The van der Waals surface area contributed by atoms with Crippen molar-refractivity contribution in [2.45, 2.75) is 40.2 Å². The highest BCUT2D eigenvalue weighted by Gasteiger charge is 2.13. The lowest BCUT2D eigenvalue weighted by Gasteiger charge is -2.09. The van der Waals surface area contributed by atoms with Crippen molar-refractivity contribution in [1.82, 2.24) is 14.2 Å². The molecule has 0 spiro atoms. The van der Waals surface area contributed by atoms with Crippen molar-refractivity contribution >= 4 is 5.52 Å². The average molecular weight is 402 g/mol. The van der Waals surface area contributed by atoms with Gasteiger partial charge in [0, 0.05) is 18.0 Å². The smallest absolute Gasteiger partial charge is 0.276 e. The van der Waals surface area contributed by atoms with Gasteiger partial charge in [-0.05, 0) is 49.6 Å². The molecule has 0 atom stereocenters. The Morgan fingerprint density at radius 2 is 1.87 bits per heavy atom. The summed E-state index contributed by atoms with van der Waals surface area (Å²) in [5, 5.41) is 4.63. The van der Waals surface area contributed by atoms with E-state index in [1.807, 2.05) is 36.5 Å². The number of benzene rings is 2. The second-order valence-electron chi connectivity index (χ2n) is 7.72. The molecular formula is C25H27N3O2. The lowest BCUT2D eigenvalue weighted by atomic mass is 10.1. The highest BCUT2D eigenvalue weighted by molar-refractivity contribution is 5.71. The number of hydrogen-bond donors (Lipinski definition) is 0. The zero-order valence-electron chi connectivity index (χ0n) is 17.8. The molecular weight excluding hydrogens is 374 g/mol. The maximum atomic E-state index is 13.1. The van der Waals surface area contributed by atoms with E-state index >= 15 is 0 Å². The lowest BCUT2D eigenvalue weighted by molar-refractivity contribution is 0.310. The summed E-state index contributed by atoms with van der Waals surface area (Å²) in [5.74, 6) is 0.796. The van der Waals surface area contributed by atoms with E-state index in [1.54, 1.807) is 15.3 Å². The zero-order chi connectivity index (χ0) is 21.1. The molecule has 0 N–H and O–H groups in total. The van der Waals surface area contributed by atoms with E-state index in [0.29, 0.717) is 18.7 Å². The molecule has 0 aliphatic rings. The fourth-order valence-corrected chi connectivity index (χ4v) is 3.62. The summed E-state index contributed by atoms with van der Waals surface area (Å²) in [6.07, 6.45) is 5.72. The SMILES string of the molecule is CCCCOc1ccccc1-c1cc2c(=O)n(Cc3ccc(C)cc3C)ccn2n1. The van der Waals surface area contributed by atoms with E-state index in [4.69, 9.17) is 4.74 Å². The minimum atomic E-state index is -0.0550. The maximum absolute atomic E-state index is 13.1. The number of fused-ring (bicyclic) bond motifs is 1. The number of ether oxygens (including phenoxy) is 1. The van der Waals surface area contributed by atoms with Gasteiger partial charge in [-0.3, -0.25) is 4.79 Å². The standard InChI is InChI=1S/C25H27N3O2/c1-4-5-14-30-24-9-7-6-8-21(24)22-16-23-25(29)27(12-13-28(23)26-22)17-20-11-10-18(2)15-19(20)3/h6-13,15-16H,4-5,14,17H2,1-3H3. The molecule has 0 fully saturated rings. The van der Waals surface area contributed by atoms with Crippen molar-refractivity contribution in [2.75, 3.05) is 6.61 Å². The van der Waals surface area contributed by atoms with E-state index in [1.165, 1.54) is 11.1 Å². The van der Waals surface area contributed by atoms with Crippen LogP contribution in [-0.4, -0.2) is 20.8 Å². The van der Waals surface area contributed by atoms with Gasteiger partial charge < -0.3 is 9.30 Å². The number of nitrogens with zero attached hydrogens (tertiary/aromatic N) is 3. The number of para-hydroxylation sites is 1. The van der Waals surface area contributed by atoms with Crippen LogP contribution in [0.3, 0.4) is 0 Å². The highest BCUT2D eigenvalue weighted by Crippen LogP contribution is 2.29. The molecule has 2 aromatic carbocycles. The van der Waals surface area contributed by atoms with Crippen LogP contribution in [0.25, 0.3) is 16.8 Å². The van der Waals surface area contributed by atoms with Gasteiger partial charge in [0.05, 0.1) is 18.8 Å². The van der Waals surface area contributed by atoms with Crippen LogP contribution in [0.15, 0.2) is 65.7 Å². The fourth-order valence-electron chi connectivity index (χ4n) is 3.62. The van der Waals surface area contributed by atoms with Gasteiger partial charge in [-0.25, -0.2) is 4.52 Å². The Balaban J connectivity index is 1.69. The van der Waals surface area contributed by atoms with Crippen LogP contribution in [-0.2, 0) is 6.54 Å². The van der Waals surface area contributed by atoms with Gasteiger partial charge in [-0.1, -0.05) is 49.2 Å². The van der Waals surface area contributed by atoms with Crippen LogP contribution >= 0.6 is 0 Å². The number of rotatable bonds is 7. The summed E-state index contributed by atoms with van der Waals surface area (Å²) in [6.45, 7) is 7.51. The first kappa shape index (κ1) is 20.0. The summed E-state index contributed by atoms with van der Waals surface area (Å²) < 4.78 is 9.34. The molecule has 5 heteroatoms. The molecule has 0 aliphatic carbocycles. The lowest BCUT2D eigenvalue weighted by Crippen LogP contribution is -2.22. The van der Waals surface area contributed by atoms with Crippen LogP contribution in [0.2, 0.25) is 0 Å². The van der Waals surface area contributed by atoms with Gasteiger partial charge in [-0.15, -0.1) is 0 Å². The third-order valence-electron chi connectivity index (χ3n) is 5.36. The second-order valence-corrected chi connectivity index (χ2v) is 7.72. The van der Waals surface area contributed by atoms with Gasteiger partial charge in [0.25, 0.3) is 5.56 Å². The molecule has 0 aliphatic heterocycles. The molecule has 2 aromatic heterocycles. The van der Waals surface area contributed by atoms with Gasteiger partial charge in [0.2, 0.25) is 0 Å². The van der Waals surface area contributed by atoms with E-state index in [-0.39, 0.29) is 5.56 Å². The van der Waals surface area contributed by atoms with Crippen molar-refractivity contribution < 1.29 is 4.74 Å². The predicted octanol–water partition coefficient (Wildman–Crippen LogP) is 5.01. The predicted molar refractivity (Wildman–Crippen MR) is 120 cm³/mol. The number of aromatic nitrogens is 3. The summed E-state index contributed by atoms with van der Waals surface area (Å²) in [4.78, 5) is 13.1. The van der Waals surface area contributed by atoms with E-state index in [2.05, 4.69) is 44.1 Å². The number of hydrogen-bond acceptors (Lipinski definition) is 3. The Hall–Kier alpha value is -3.34. The zero-order valence-corrected chi connectivity index (χ0v) is 17.8. The summed E-state index contributed by atoms with van der Waals surface area (Å²) >= 11 is 0. The second kappa shape index (κ2) is 8.57. The Morgan fingerprint density at radius 1 is 1.03 bits per heavy atom. The van der Waals surface area contributed by atoms with Crippen molar-refractivity contribution in [3.8, 4) is 17.0 Å². The minimum Gasteiger partial charge on any atom is -0.493 e. The number of unbranched alkanes of at least 4 members (excludes halogenated alkanes) is 1. The number of aryl methyl sites for hydroxylation is 2. The molecule has 154 valence electrons. The molecule has 0 unspecified atom stereocenters. The molecule has 2 heterocycles. The molecule has 30 heavy (non-hydrogen) atoms. The third-order valence-corrected chi connectivity index (χ3v) is 5.36. The quantitative estimate of drug-likeness (QED) is 0.409. The van der Waals surface area contributed by atoms with Gasteiger partial charge in [0.1, 0.15) is 11.3 Å². The van der Waals surface area contributed by atoms with Gasteiger partial charge >= 0.3 is 0 Å². The van der Waals surface area contributed by atoms with Crippen molar-refractivity contribution in [3.05, 3.63) is 88.0 Å². The fraction of sp³-hybridized carbons (Fsp3) is 0.280. The topological polar surface area (TPSA) is 48.5 Å². The molecule has 4 aromatic rings. The van der Waals surface area contributed by atoms with Crippen LogP contribution in [0, 0.1) is 13.8 Å². The van der Waals surface area contributed by atoms with Crippen LogP contribution in [0.1, 0.15) is 36.5 Å². The minimum absolute atomic E-state index is 0.0550. The normalized spacial score (nSPS) is 11.2. The monoisotopic (exact) mass is 401 g/mol. The first-order valence-electron chi connectivity index (χ1n) is 10.4. The first-order chi connectivity index (χ1) is 14.6. The largest absolute Gasteiger partial charge is 0.493 e. The first-order valence-corrected chi connectivity index (χ1v) is 10.4. The van der Waals surface area contributed by atoms with Crippen LogP contribution < -0.4 is 10.3 Å². The average Bonchev–Trinajstić information content (AvgIpc) is 3.17. The van der Waals surface area contributed by atoms with Crippen molar-refractivity contribution in [1.29, 1.82) is 0 Å². The van der Waals surface area contributed by atoms with Crippen LogP contribution in [0.5, 0.6) is 5.75 Å². The van der Waals surface area contributed by atoms with Crippen molar-refractivity contribution in [2.24, 2.45) is 0 Å². The Bertz CT molecular complexity index is 1240.